The molecule has 1 saturated carbocycles. The molecule has 19 heavy (non-hydrogen) atoms. The summed E-state index contributed by atoms with van der Waals surface area (Å²) in [7, 11) is 0. The highest BCUT2D eigenvalue weighted by Crippen LogP contribution is 2.25. The molecule has 104 valence electrons. The van der Waals surface area contributed by atoms with Gasteiger partial charge >= 0.3 is 6.03 Å². The Labute approximate surface area is 114 Å². The van der Waals surface area contributed by atoms with Crippen molar-refractivity contribution in [2.45, 2.75) is 52.0 Å². The first-order valence-electron chi connectivity index (χ1n) is 6.94. The summed E-state index contributed by atoms with van der Waals surface area (Å²) >= 11 is 0. The number of aromatic hydroxyl groups is 1. The lowest BCUT2D eigenvalue weighted by Gasteiger charge is -2.23. The zero-order valence-corrected chi connectivity index (χ0v) is 11.6. The number of anilines is 1. The van der Waals surface area contributed by atoms with Crippen LogP contribution in [0, 0.1) is 13.8 Å². The minimum atomic E-state index is -0.153. The Morgan fingerprint density at radius 1 is 1.16 bits per heavy atom. The third-order valence-electron chi connectivity index (χ3n) is 3.73. The highest BCUT2D eigenvalue weighted by molar-refractivity contribution is 5.90. The summed E-state index contributed by atoms with van der Waals surface area (Å²) in [6.45, 7) is 3.69. The largest absolute Gasteiger partial charge is 0.508 e. The summed E-state index contributed by atoms with van der Waals surface area (Å²) < 4.78 is 0. The molecule has 1 aromatic carbocycles. The van der Waals surface area contributed by atoms with E-state index in [0.29, 0.717) is 6.04 Å². The number of phenolic OH excluding ortho intramolecular Hbond substituents is 1. The minimum absolute atomic E-state index is 0.153. The zero-order valence-electron chi connectivity index (χ0n) is 11.6. The maximum Gasteiger partial charge on any atom is 0.319 e. The van der Waals surface area contributed by atoms with Crippen molar-refractivity contribution in [1.29, 1.82) is 0 Å². The molecule has 0 spiro atoms. The fraction of sp³-hybridized carbons (Fsp3) is 0.533. The summed E-state index contributed by atoms with van der Waals surface area (Å²) in [6, 6.07) is 3.61. The number of hydrogen-bond donors (Lipinski definition) is 3. The van der Waals surface area contributed by atoms with Crippen molar-refractivity contribution >= 4 is 11.7 Å². The molecule has 1 aromatic rings. The van der Waals surface area contributed by atoms with Gasteiger partial charge in [0.2, 0.25) is 0 Å². The molecule has 0 saturated heterocycles. The number of benzene rings is 1. The maximum absolute atomic E-state index is 11.9. The van der Waals surface area contributed by atoms with Crippen molar-refractivity contribution in [2.24, 2.45) is 0 Å². The molecule has 0 aromatic heterocycles. The average molecular weight is 262 g/mol. The Hall–Kier alpha value is -1.71. The predicted molar refractivity (Wildman–Crippen MR) is 76.6 cm³/mol. The van der Waals surface area contributed by atoms with Gasteiger partial charge in [-0.15, -0.1) is 0 Å². The van der Waals surface area contributed by atoms with Crippen LogP contribution in [-0.2, 0) is 0 Å². The highest BCUT2D eigenvalue weighted by atomic mass is 16.3. The Balaban J connectivity index is 1.96. The van der Waals surface area contributed by atoms with Crippen molar-refractivity contribution in [2.75, 3.05) is 5.32 Å². The first kappa shape index (κ1) is 13.7. The van der Waals surface area contributed by atoms with Crippen LogP contribution < -0.4 is 10.6 Å². The van der Waals surface area contributed by atoms with E-state index in [0.717, 1.165) is 29.7 Å². The van der Waals surface area contributed by atoms with E-state index in [4.69, 9.17) is 0 Å². The number of urea groups is 1. The number of carbonyl (C=O) groups is 1. The van der Waals surface area contributed by atoms with E-state index in [1.807, 2.05) is 13.8 Å². The van der Waals surface area contributed by atoms with Gasteiger partial charge in [0.15, 0.2) is 0 Å². The summed E-state index contributed by atoms with van der Waals surface area (Å²) in [5.74, 6) is 0.260. The highest BCUT2D eigenvalue weighted by Gasteiger charge is 2.16. The molecule has 4 nitrogen and oxygen atoms in total. The standard InChI is InChI=1S/C15H22N2O2/c1-10-9-14(18)11(2)8-13(10)17-15(19)16-12-6-4-3-5-7-12/h8-9,12,18H,3-7H2,1-2H3,(H2,16,17,19). The lowest BCUT2D eigenvalue weighted by atomic mass is 9.96. The second kappa shape index (κ2) is 5.95. The SMILES string of the molecule is Cc1cc(NC(=O)NC2CCCCC2)c(C)cc1O. The van der Waals surface area contributed by atoms with Gasteiger partial charge in [0.25, 0.3) is 0 Å². The van der Waals surface area contributed by atoms with E-state index in [9.17, 15) is 9.90 Å². The van der Waals surface area contributed by atoms with Gasteiger partial charge in [-0.05, 0) is 49.9 Å². The molecule has 0 aliphatic heterocycles. The molecule has 3 N–H and O–H groups in total. The van der Waals surface area contributed by atoms with Crippen LogP contribution >= 0.6 is 0 Å². The lowest BCUT2D eigenvalue weighted by Crippen LogP contribution is -2.39. The van der Waals surface area contributed by atoms with Crippen molar-refractivity contribution in [3.63, 3.8) is 0 Å². The lowest BCUT2D eigenvalue weighted by molar-refractivity contribution is 0.244. The average Bonchev–Trinajstić information content (AvgIpc) is 2.37. The number of aryl methyl sites for hydroxylation is 2. The Kier molecular flexibility index (Phi) is 4.30. The molecular weight excluding hydrogens is 240 g/mol. The number of amides is 2. The molecule has 1 fully saturated rings. The first-order valence-corrected chi connectivity index (χ1v) is 6.94. The zero-order chi connectivity index (χ0) is 13.8. The van der Waals surface area contributed by atoms with Gasteiger partial charge in [-0.3, -0.25) is 0 Å². The van der Waals surface area contributed by atoms with Crippen molar-refractivity contribution in [3.05, 3.63) is 23.3 Å². The van der Waals surface area contributed by atoms with Gasteiger partial charge in [0.1, 0.15) is 5.75 Å². The van der Waals surface area contributed by atoms with E-state index < -0.39 is 0 Å². The quantitative estimate of drug-likeness (QED) is 0.715. The molecule has 0 radical (unpaired) electrons. The summed E-state index contributed by atoms with van der Waals surface area (Å²) in [5.41, 5.74) is 2.38. The van der Waals surface area contributed by atoms with Gasteiger partial charge in [-0.25, -0.2) is 4.79 Å². The fourth-order valence-corrected chi connectivity index (χ4v) is 2.53. The third-order valence-corrected chi connectivity index (χ3v) is 3.73. The van der Waals surface area contributed by atoms with Crippen LogP contribution in [0.25, 0.3) is 0 Å². The topological polar surface area (TPSA) is 61.4 Å². The number of phenols is 1. The Morgan fingerprint density at radius 2 is 1.84 bits per heavy atom. The van der Waals surface area contributed by atoms with E-state index in [1.54, 1.807) is 12.1 Å². The summed E-state index contributed by atoms with van der Waals surface area (Å²) in [4.78, 5) is 11.9. The number of hydrogen-bond acceptors (Lipinski definition) is 2. The number of rotatable bonds is 2. The smallest absolute Gasteiger partial charge is 0.319 e. The molecule has 0 bridgehead atoms. The molecule has 0 heterocycles. The monoisotopic (exact) mass is 262 g/mol. The van der Waals surface area contributed by atoms with Crippen LogP contribution in [0.2, 0.25) is 0 Å². The second-order valence-electron chi connectivity index (χ2n) is 5.39. The van der Waals surface area contributed by atoms with Gasteiger partial charge in [-0.2, -0.15) is 0 Å². The van der Waals surface area contributed by atoms with Crippen LogP contribution in [0.5, 0.6) is 5.75 Å². The van der Waals surface area contributed by atoms with Gasteiger partial charge in [-0.1, -0.05) is 19.3 Å². The molecular formula is C15H22N2O2. The molecule has 2 amide bonds. The van der Waals surface area contributed by atoms with E-state index in [-0.39, 0.29) is 11.8 Å². The Bertz CT molecular complexity index is 465. The van der Waals surface area contributed by atoms with Crippen molar-refractivity contribution in [3.8, 4) is 5.75 Å². The maximum atomic E-state index is 11.9. The molecule has 1 aliphatic rings. The van der Waals surface area contributed by atoms with Crippen LogP contribution in [0.4, 0.5) is 10.5 Å². The van der Waals surface area contributed by atoms with Crippen molar-refractivity contribution in [1.82, 2.24) is 5.32 Å². The van der Waals surface area contributed by atoms with Crippen LogP contribution in [0.3, 0.4) is 0 Å². The van der Waals surface area contributed by atoms with Crippen LogP contribution in [0.1, 0.15) is 43.2 Å². The Morgan fingerprint density at radius 3 is 2.53 bits per heavy atom. The van der Waals surface area contributed by atoms with Gasteiger partial charge in [0, 0.05) is 11.7 Å². The predicted octanol–water partition coefficient (Wildman–Crippen LogP) is 3.46. The van der Waals surface area contributed by atoms with Crippen LogP contribution in [0.15, 0.2) is 12.1 Å². The first-order chi connectivity index (χ1) is 9.06. The van der Waals surface area contributed by atoms with E-state index in [2.05, 4.69) is 10.6 Å². The fourth-order valence-electron chi connectivity index (χ4n) is 2.53. The number of carbonyl (C=O) groups excluding carboxylic acids is 1. The number of nitrogens with one attached hydrogen (secondary N) is 2. The second-order valence-corrected chi connectivity index (χ2v) is 5.39. The van der Waals surface area contributed by atoms with Crippen molar-refractivity contribution < 1.29 is 9.90 Å². The minimum Gasteiger partial charge on any atom is -0.508 e. The molecule has 1 aliphatic carbocycles. The molecule has 0 atom stereocenters. The summed E-state index contributed by atoms with van der Waals surface area (Å²) in [6.07, 6.45) is 5.81. The van der Waals surface area contributed by atoms with Crippen LogP contribution in [-0.4, -0.2) is 17.2 Å². The third kappa shape index (κ3) is 3.63. The molecule has 0 unspecified atom stereocenters. The summed E-state index contributed by atoms with van der Waals surface area (Å²) in [5, 5.41) is 15.5. The van der Waals surface area contributed by atoms with E-state index >= 15 is 0 Å². The van der Waals surface area contributed by atoms with E-state index in [1.165, 1.54) is 19.3 Å². The normalized spacial score (nSPS) is 16.1. The van der Waals surface area contributed by atoms with Gasteiger partial charge < -0.3 is 15.7 Å². The molecule has 4 heteroatoms. The molecule has 2 rings (SSSR count). The van der Waals surface area contributed by atoms with Gasteiger partial charge in [0.05, 0.1) is 0 Å².